The highest BCUT2D eigenvalue weighted by Gasteiger charge is 2.38. The van der Waals surface area contributed by atoms with Crippen LogP contribution in [0.2, 0.25) is 5.02 Å². The molecule has 0 unspecified atom stereocenters. The molecule has 0 heterocycles. The predicted octanol–water partition coefficient (Wildman–Crippen LogP) is 6.99. The van der Waals surface area contributed by atoms with Gasteiger partial charge in [-0.15, -0.1) is 0 Å². The minimum absolute atomic E-state index is 0.00832. The van der Waals surface area contributed by atoms with Crippen molar-refractivity contribution in [1.29, 1.82) is 0 Å². The zero-order chi connectivity index (χ0) is 25.2. The van der Waals surface area contributed by atoms with Crippen LogP contribution in [0.15, 0.2) is 18.2 Å². The number of hydrogen-bond donors (Lipinski definition) is 3. The van der Waals surface area contributed by atoms with Gasteiger partial charge in [0, 0.05) is 17.1 Å². The molecule has 3 N–H and O–H groups in total. The van der Waals surface area contributed by atoms with Crippen LogP contribution in [0.3, 0.4) is 0 Å². The molecule has 1 aromatic carbocycles. The second-order valence-electron chi connectivity index (χ2n) is 10.4. The standard InChI is InChI=1S/C27H40ClFN2O4/c28-22-12-11-21(19-23(22)29)35-20-24(32)30-26-13-7-3-1-5-9-15-27(18-17-26,31-25(33)34)16-10-6-2-4-8-14-26/h11-12,19,31H,1-10,13-18,20H2,(H,30,32)(H,33,34). The Hall–Kier alpha value is -2.02. The van der Waals surface area contributed by atoms with Crippen LogP contribution in [-0.4, -0.2) is 34.8 Å². The van der Waals surface area contributed by atoms with E-state index in [0.29, 0.717) is 6.42 Å². The summed E-state index contributed by atoms with van der Waals surface area (Å²) in [6.45, 7) is -0.207. The van der Waals surface area contributed by atoms with Gasteiger partial charge in [-0.05, 0) is 50.7 Å². The average Bonchev–Trinajstić information content (AvgIpc) is 2.87. The van der Waals surface area contributed by atoms with E-state index in [0.717, 1.165) is 96.3 Å². The summed E-state index contributed by atoms with van der Waals surface area (Å²) in [5, 5.41) is 15.9. The van der Waals surface area contributed by atoms with Gasteiger partial charge in [-0.25, -0.2) is 9.18 Å². The zero-order valence-electron chi connectivity index (χ0n) is 20.7. The Balaban J connectivity index is 1.78. The Morgan fingerprint density at radius 2 is 1.31 bits per heavy atom. The van der Waals surface area contributed by atoms with E-state index in [9.17, 15) is 19.1 Å². The molecule has 2 bridgehead atoms. The van der Waals surface area contributed by atoms with Gasteiger partial charge in [0.15, 0.2) is 6.61 Å². The second-order valence-corrected chi connectivity index (χ2v) is 10.8. The summed E-state index contributed by atoms with van der Waals surface area (Å²) in [6, 6.07) is 4.13. The molecule has 0 aliphatic heterocycles. The average molecular weight is 511 g/mol. The number of carboxylic acid groups (broad SMARTS) is 1. The first-order valence-corrected chi connectivity index (χ1v) is 13.6. The highest BCUT2D eigenvalue weighted by atomic mass is 35.5. The van der Waals surface area contributed by atoms with E-state index in [1.165, 1.54) is 12.1 Å². The number of amides is 2. The largest absolute Gasteiger partial charge is 0.484 e. The van der Waals surface area contributed by atoms with E-state index in [-0.39, 0.29) is 23.3 Å². The number of nitrogens with one attached hydrogen (secondary N) is 2. The summed E-state index contributed by atoms with van der Waals surface area (Å²) >= 11 is 5.74. The van der Waals surface area contributed by atoms with E-state index in [4.69, 9.17) is 16.3 Å². The van der Waals surface area contributed by atoms with Gasteiger partial charge in [0.2, 0.25) is 0 Å². The Bertz CT molecular complexity index is 832. The maximum absolute atomic E-state index is 13.7. The van der Waals surface area contributed by atoms with E-state index in [2.05, 4.69) is 10.6 Å². The molecule has 0 aromatic heterocycles. The van der Waals surface area contributed by atoms with Gasteiger partial charge in [-0.1, -0.05) is 75.8 Å². The Kier molecular flexibility index (Phi) is 10.5. The van der Waals surface area contributed by atoms with Crippen molar-refractivity contribution in [3.05, 3.63) is 29.0 Å². The molecule has 2 aliphatic carbocycles. The lowest BCUT2D eigenvalue weighted by atomic mass is 9.76. The Labute approximate surface area is 213 Å². The molecule has 35 heavy (non-hydrogen) atoms. The van der Waals surface area contributed by atoms with Crippen molar-refractivity contribution in [2.45, 2.75) is 114 Å². The number of hydrogen-bond acceptors (Lipinski definition) is 3. The molecular formula is C27H40ClFN2O4. The number of rotatable bonds is 5. The van der Waals surface area contributed by atoms with Crippen molar-refractivity contribution in [2.75, 3.05) is 6.61 Å². The molecule has 2 saturated carbocycles. The van der Waals surface area contributed by atoms with Crippen LogP contribution in [0.4, 0.5) is 9.18 Å². The minimum atomic E-state index is -0.965. The maximum Gasteiger partial charge on any atom is 0.405 e. The molecule has 0 spiro atoms. The third kappa shape index (κ3) is 8.85. The van der Waals surface area contributed by atoms with Crippen LogP contribution >= 0.6 is 11.6 Å². The first-order chi connectivity index (χ1) is 16.8. The molecule has 8 heteroatoms. The van der Waals surface area contributed by atoms with Crippen molar-refractivity contribution in [1.82, 2.24) is 10.6 Å². The predicted molar refractivity (Wildman–Crippen MR) is 136 cm³/mol. The lowest BCUT2D eigenvalue weighted by molar-refractivity contribution is -0.125. The lowest BCUT2D eigenvalue weighted by Crippen LogP contribution is -2.54. The van der Waals surface area contributed by atoms with Gasteiger partial charge in [0.1, 0.15) is 11.6 Å². The van der Waals surface area contributed by atoms with E-state index in [1.807, 2.05) is 0 Å². The summed E-state index contributed by atoms with van der Waals surface area (Å²) in [5.41, 5.74) is -0.848. The Morgan fingerprint density at radius 3 is 1.80 bits per heavy atom. The van der Waals surface area contributed by atoms with E-state index >= 15 is 0 Å². The number of halogens is 2. The van der Waals surface area contributed by atoms with Gasteiger partial charge < -0.3 is 20.5 Å². The van der Waals surface area contributed by atoms with Gasteiger partial charge in [-0.2, -0.15) is 0 Å². The summed E-state index contributed by atoms with van der Waals surface area (Å²) in [6.07, 6.45) is 14.7. The topological polar surface area (TPSA) is 87.7 Å². The molecule has 6 nitrogen and oxygen atoms in total. The highest BCUT2D eigenvalue weighted by Crippen LogP contribution is 2.37. The fourth-order valence-corrected chi connectivity index (χ4v) is 5.91. The number of carbonyl (C=O) groups excluding carboxylic acids is 1. The molecule has 3 rings (SSSR count). The minimum Gasteiger partial charge on any atom is -0.484 e. The van der Waals surface area contributed by atoms with Crippen LogP contribution in [-0.2, 0) is 4.79 Å². The van der Waals surface area contributed by atoms with Gasteiger partial charge >= 0.3 is 6.09 Å². The van der Waals surface area contributed by atoms with E-state index in [1.54, 1.807) is 6.07 Å². The van der Waals surface area contributed by atoms with Gasteiger partial charge in [0.25, 0.3) is 5.91 Å². The lowest BCUT2D eigenvalue weighted by Gasteiger charge is -2.40. The summed E-state index contributed by atoms with van der Waals surface area (Å²) in [4.78, 5) is 24.8. The van der Waals surface area contributed by atoms with Crippen molar-refractivity contribution < 1.29 is 23.8 Å². The second kappa shape index (κ2) is 13.3. The fourth-order valence-electron chi connectivity index (χ4n) is 5.79. The van der Waals surface area contributed by atoms with Crippen LogP contribution < -0.4 is 15.4 Å². The number of benzene rings is 1. The highest BCUT2D eigenvalue weighted by molar-refractivity contribution is 6.30. The molecular weight excluding hydrogens is 471 g/mol. The Morgan fingerprint density at radius 1 is 0.829 bits per heavy atom. The van der Waals surface area contributed by atoms with Crippen molar-refractivity contribution in [2.24, 2.45) is 0 Å². The van der Waals surface area contributed by atoms with Crippen LogP contribution in [0, 0.1) is 5.82 Å². The molecule has 0 saturated heterocycles. The molecule has 196 valence electrons. The smallest absolute Gasteiger partial charge is 0.405 e. The first kappa shape index (κ1) is 27.6. The quantitative estimate of drug-likeness (QED) is 0.398. The summed E-state index contributed by atoms with van der Waals surface area (Å²) < 4.78 is 19.3. The molecule has 2 amide bonds. The van der Waals surface area contributed by atoms with Crippen LogP contribution in [0.1, 0.15) is 103 Å². The number of ether oxygens (including phenoxy) is 1. The van der Waals surface area contributed by atoms with Crippen LogP contribution in [0.5, 0.6) is 5.75 Å². The third-order valence-corrected chi connectivity index (χ3v) is 8.05. The molecule has 1 aromatic rings. The summed E-state index contributed by atoms with van der Waals surface area (Å²) in [7, 11) is 0. The van der Waals surface area contributed by atoms with E-state index < -0.39 is 23.0 Å². The molecule has 0 atom stereocenters. The number of fused-ring (bicyclic) bond motifs is 3. The monoisotopic (exact) mass is 510 g/mol. The maximum atomic E-state index is 13.7. The number of carbonyl (C=O) groups is 2. The SMILES string of the molecule is O=C(O)NC12CCCCCCCC(NC(=O)COc3ccc(Cl)c(F)c3)(CCCCCCC1)CC2. The van der Waals surface area contributed by atoms with Gasteiger partial charge in [-0.3, -0.25) is 4.79 Å². The molecule has 0 radical (unpaired) electrons. The van der Waals surface area contributed by atoms with Gasteiger partial charge in [0.05, 0.1) is 5.02 Å². The van der Waals surface area contributed by atoms with Crippen LogP contribution in [0.25, 0.3) is 0 Å². The van der Waals surface area contributed by atoms with Crippen molar-refractivity contribution in [3.8, 4) is 5.75 Å². The zero-order valence-corrected chi connectivity index (χ0v) is 21.4. The van der Waals surface area contributed by atoms with Crippen molar-refractivity contribution in [3.63, 3.8) is 0 Å². The first-order valence-electron chi connectivity index (χ1n) is 13.2. The fraction of sp³-hybridized carbons (Fsp3) is 0.704. The molecule has 2 aliphatic rings. The van der Waals surface area contributed by atoms with Crippen molar-refractivity contribution >= 4 is 23.6 Å². The summed E-state index contributed by atoms with van der Waals surface area (Å²) in [5.74, 6) is -0.562. The third-order valence-electron chi connectivity index (χ3n) is 7.74. The molecule has 2 fully saturated rings. The normalized spacial score (nSPS) is 26.6.